The monoisotopic (exact) mass is 470 g/mol. The van der Waals surface area contributed by atoms with Gasteiger partial charge in [0.1, 0.15) is 5.76 Å². The van der Waals surface area contributed by atoms with Gasteiger partial charge in [-0.15, -0.1) is 0 Å². The van der Waals surface area contributed by atoms with Crippen LogP contribution in [0.3, 0.4) is 0 Å². The summed E-state index contributed by atoms with van der Waals surface area (Å²) in [4.78, 5) is 12.0. The highest BCUT2D eigenvalue weighted by Crippen LogP contribution is 2.17. The van der Waals surface area contributed by atoms with Crippen LogP contribution in [0.2, 0.25) is 0 Å². The number of nitrogens with two attached hydrogens (primary N) is 2. The molecule has 0 radical (unpaired) electrons. The zero-order chi connectivity index (χ0) is 21.0. The first kappa shape index (κ1) is 24.5. The molecule has 0 spiro atoms. The van der Waals surface area contributed by atoms with E-state index in [1.807, 2.05) is 31.2 Å². The molecule has 2 aromatic rings. The molecule has 27 heavy (non-hydrogen) atoms. The van der Waals surface area contributed by atoms with Crippen molar-refractivity contribution >= 4 is 62.3 Å². The number of carbonyl (C=O) groups excluding carboxylic acids is 1. The van der Waals surface area contributed by atoms with Crippen molar-refractivity contribution in [2.24, 2.45) is 11.5 Å². The van der Waals surface area contributed by atoms with Crippen molar-refractivity contribution in [3.63, 3.8) is 0 Å². The zero-order valence-electron chi connectivity index (χ0n) is 14.3. The molecule has 9 heteroatoms. The van der Waals surface area contributed by atoms with Crippen LogP contribution in [0.25, 0.3) is 5.76 Å². The van der Waals surface area contributed by atoms with Gasteiger partial charge in [-0.2, -0.15) is 0 Å². The summed E-state index contributed by atoms with van der Waals surface area (Å²) in [6, 6.07) is 14.4. The maximum atomic E-state index is 12.0. The lowest BCUT2D eigenvalue weighted by Crippen LogP contribution is -2.03. The van der Waals surface area contributed by atoms with Gasteiger partial charge < -0.3 is 26.8 Å². The van der Waals surface area contributed by atoms with Crippen LogP contribution in [0, 0.1) is 6.92 Å². The second-order valence-electron chi connectivity index (χ2n) is 4.95. The zero-order valence-corrected chi connectivity index (χ0v) is 17.5. The van der Waals surface area contributed by atoms with E-state index in [4.69, 9.17) is 10.2 Å². The predicted octanol–water partition coefficient (Wildman–Crippen LogP) is 4.12. The van der Waals surface area contributed by atoms with Crippen LogP contribution in [0.15, 0.2) is 59.1 Å². The molecule has 0 heterocycles. The maximum Gasteiger partial charge on any atom is 0.251 e. The van der Waals surface area contributed by atoms with Gasteiger partial charge >= 0.3 is 0 Å². The number of hydrogen-bond donors (Lipinski definition) is 5. The van der Waals surface area contributed by atoms with E-state index in [0.717, 1.165) is 10.0 Å². The Morgan fingerprint density at radius 3 is 1.89 bits per heavy atom. The van der Waals surface area contributed by atoms with Crippen LogP contribution in [0.4, 0.5) is 0 Å². The van der Waals surface area contributed by atoms with E-state index in [2.05, 4.69) is 51.8 Å². The highest BCUT2D eigenvalue weighted by atomic mass is 79.9. The summed E-state index contributed by atoms with van der Waals surface area (Å²) in [5.74, 6) is -0.233. The van der Waals surface area contributed by atoms with Gasteiger partial charge in [0.2, 0.25) is 0 Å². The molecule has 0 saturated carbocycles. The first-order chi connectivity index (χ1) is 12.5. The molecular formula is C18H19BrN2O4S2. The predicted molar refractivity (Wildman–Crippen MR) is 119 cm³/mol. The number of hydrogen-bond acceptors (Lipinski definition) is 4. The van der Waals surface area contributed by atoms with Crippen molar-refractivity contribution in [1.29, 1.82) is 0 Å². The second-order valence-corrected chi connectivity index (χ2v) is 6.70. The number of ketones is 1. The topological polar surface area (TPSA) is 130 Å². The summed E-state index contributed by atoms with van der Waals surface area (Å²) in [6.07, 6.45) is 1.25. The number of thiocarbonyl (C=S) groups is 2. The Morgan fingerprint density at radius 2 is 1.44 bits per heavy atom. The molecule has 6 nitrogen and oxygen atoms in total. The normalized spacial score (nSPS) is 9.78. The fourth-order valence-corrected chi connectivity index (χ4v) is 1.97. The quantitative estimate of drug-likeness (QED) is 0.196. The molecule has 0 aliphatic carbocycles. The maximum absolute atomic E-state index is 12.0. The lowest BCUT2D eigenvalue weighted by molar-refractivity contribution is 0.104. The molecule has 0 amide bonds. The average molecular weight is 471 g/mol. The molecule has 2 aromatic carbocycles. The minimum atomic E-state index is -0.500. The molecule has 0 aliphatic heterocycles. The first-order valence-corrected chi connectivity index (χ1v) is 8.88. The van der Waals surface area contributed by atoms with Gasteiger partial charge in [-0.1, -0.05) is 51.8 Å². The van der Waals surface area contributed by atoms with Crippen LogP contribution >= 0.6 is 40.4 Å². The van der Waals surface area contributed by atoms with Crippen LogP contribution in [0.1, 0.15) is 21.5 Å². The summed E-state index contributed by atoms with van der Waals surface area (Å²) < 4.78 is 0.925. The lowest BCUT2D eigenvalue weighted by atomic mass is 10.1. The fraction of sp³-hybridized carbons (Fsp3) is 0.0556. The van der Waals surface area contributed by atoms with Crippen LogP contribution in [-0.4, -0.2) is 31.5 Å². The average Bonchev–Trinajstić information content (AvgIpc) is 2.54. The molecule has 0 aromatic heterocycles. The summed E-state index contributed by atoms with van der Waals surface area (Å²) in [7, 11) is 0. The third kappa shape index (κ3) is 12.5. The van der Waals surface area contributed by atoms with Crippen molar-refractivity contribution in [1.82, 2.24) is 0 Å². The van der Waals surface area contributed by atoms with Crippen molar-refractivity contribution < 1.29 is 20.1 Å². The van der Waals surface area contributed by atoms with E-state index in [9.17, 15) is 9.90 Å². The van der Waals surface area contributed by atoms with Crippen molar-refractivity contribution in [3.05, 3.63) is 75.8 Å². The minimum absolute atomic E-state index is 0.0287. The van der Waals surface area contributed by atoms with Crippen molar-refractivity contribution in [2.75, 3.05) is 0 Å². The van der Waals surface area contributed by atoms with Gasteiger partial charge in [0, 0.05) is 21.7 Å². The highest BCUT2D eigenvalue weighted by molar-refractivity contribution is 9.10. The van der Waals surface area contributed by atoms with Crippen molar-refractivity contribution in [3.8, 4) is 0 Å². The Morgan fingerprint density at radius 1 is 0.963 bits per heavy atom. The molecule has 0 saturated heterocycles. The van der Waals surface area contributed by atoms with Crippen molar-refractivity contribution in [2.45, 2.75) is 6.92 Å². The Kier molecular flexibility index (Phi) is 11.6. The van der Waals surface area contributed by atoms with E-state index >= 15 is 0 Å². The summed E-state index contributed by atoms with van der Waals surface area (Å²) in [5, 5.41) is 24.1. The van der Waals surface area contributed by atoms with Gasteiger partial charge in [-0.05, 0) is 49.6 Å². The number of halogens is 1. The largest absolute Gasteiger partial charge is 0.507 e. The number of aryl methyl sites for hydroxylation is 1. The van der Waals surface area contributed by atoms with Gasteiger partial charge in [-0.3, -0.25) is 4.79 Å². The molecular weight excluding hydrogens is 452 g/mol. The summed E-state index contributed by atoms with van der Waals surface area (Å²) >= 11 is 11.1. The lowest BCUT2D eigenvalue weighted by Gasteiger charge is -2.01. The van der Waals surface area contributed by atoms with Gasteiger partial charge in [0.25, 0.3) is 10.3 Å². The second kappa shape index (κ2) is 12.8. The van der Waals surface area contributed by atoms with Gasteiger partial charge in [0.15, 0.2) is 5.78 Å². The molecule has 144 valence electrons. The Balaban J connectivity index is 0.000000718. The third-order valence-corrected chi connectivity index (χ3v) is 3.24. The molecule has 0 fully saturated rings. The smallest absolute Gasteiger partial charge is 0.251 e. The Labute approximate surface area is 176 Å². The minimum Gasteiger partial charge on any atom is -0.507 e. The van der Waals surface area contributed by atoms with Crippen LogP contribution in [0.5, 0.6) is 0 Å². The SMILES string of the molecule is Cc1cccc(C(=O)C=C(O)c2ccc(Br)cc2)c1.NC(O)=S.NC(O)=S. The van der Waals surface area contributed by atoms with Crippen LogP contribution < -0.4 is 11.5 Å². The molecule has 0 aliphatic rings. The molecule has 0 atom stereocenters. The van der Waals surface area contributed by atoms with E-state index < -0.39 is 10.3 Å². The fourth-order valence-electron chi connectivity index (χ4n) is 1.71. The number of benzene rings is 2. The number of carbonyl (C=O) groups is 1. The molecule has 0 bridgehead atoms. The van der Waals surface area contributed by atoms with E-state index in [-0.39, 0.29) is 11.5 Å². The van der Waals surface area contributed by atoms with Gasteiger partial charge in [0.05, 0.1) is 0 Å². The number of allylic oxidation sites excluding steroid dienone is 1. The van der Waals surface area contributed by atoms with E-state index in [1.54, 1.807) is 24.3 Å². The highest BCUT2D eigenvalue weighted by Gasteiger charge is 2.06. The van der Waals surface area contributed by atoms with Gasteiger partial charge in [-0.25, -0.2) is 0 Å². The van der Waals surface area contributed by atoms with E-state index in [0.29, 0.717) is 11.1 Å². The third-order valence-electron chi connectivity index (χ3n) is 2.71. The molecule has 2 rings (SSSR count). The molecule has 0 unspecified atom stereocenters. The van der Waals surface area contributed by atoms with Crippen LogP contribution in [-0.2, 0) is 0 Å². The number of rotatable bonds is 3. The number of aliphatic hydroxyl groups excluding tert-OH is 3. The Hall–Kier alpha value is -2.49. The standard InChI is InChI=1S/C16H13BrO2.2CH3NOS/c1-11-3-2-4-13(9-11)16(19)10-15(18)12-5-7-14(17)8-6-12;2*2-1(3)4/h2-10,18H,1H3;2*(H3,2,3,4). The molecule has 7 N–H and O–H groups in total. The summed E-state index contributed by atoms with van der Waals surface area (Å²) in [6.45, 7) is 1.93. The number of aliphatic hydroxyl groups is 3. The van der Waals surface area contributed by atoms with E-state index in [1.165, 1.54) is 6.08 Å². The Bertz CT molecular complexity index is 804. The summed E-state index contributed by atoms with van der Waals surface area (Å²) in [5.41, 5.74) is 11.0. The first-order valence-electron chi connectivity index (χ1n) is 7.27.